The number of hydrogen-bond acceptors (Lipinski definition) is 5. The molecule has 2 heterocycles. The van der Waals surface area contributed by atoms with Crippen LogP contribution in [0.1, 0.15) is 24.2 Å². The van der Waals surface area contributed by atoms with Gasteiger partial charge in [0.1, 0.15) is 5.76 Å². The molecule has 3 rings (SSSR count). The zero-order chi connectivity index (χ0) is 17.3. The van der Waals surface area contributed by atoms with Crippen molar-refractivity contribution >= 4 is 27.5 Å². The number of rotatable bonds is 5. The Morgan fingerprint density at radius 3 is 2.46 bits per heavy atom. The van der Waals surface area contributed by atoms with E-state index < -0.39 is 10.0 Å². The highest BCUT2D eigenvalue weighted by Gasteiger charge is 2.31. The number of benzene rings is 1. The monoisotopic (exact) mass is 348 g/mol. The molecule has 0 unspecified atom stereocenters. The number of carbonyl (C=O) groups excluding carboxylic acids is 2. The number of amides is 2. The number of sulfonamides is 1. The minimum Gasteiger partial charge on any atom is -0.468 e. The third-order valence-electron chi connectivity index (χ3n) is 3.79. The van der Waals surface area contributed by atoms with E-state index in [1.807, 2.05) is 0 Å². The Labute approximate surface area is 139 Å². The highest BCUT2D eigenvalue weighted by atomic mass is 32.2. The largest absolute Gasteiger partial charge is 0.468 e. The second-order valence-corrected chi connectivity index (χ2v) is 7.24. The fourth-order valence-corrected chi connectivity index (χ4v) is 3.63. The van der Waals surface area contributed by atoms with E-state index in [0.29, 0.717) is 17.0 Å². The van der Waals surface area contributed by atoms with Crippen LogP contribution in [0.25, 0.3) is 0 Å². The molecule has 0 spiro atoms. The van der Waals surface area contributed by atoms with Crippen molar-refractivity contribution in [1.82, 2.24) is 4.72 Å². The number of carbonyl (C=O) groups is 2. The van der Waals surface area contributed by atoms with E-state index in [0.717, 1.165) is 4.90 Å². The number of hydrogen-bond donors (Lipinski definition) is 1. The lowest BCUT2D eigenvalue weighted by Gasteiger charge is -2.17. The molecular formula is C16H16N2O5S. The molecule has 24 heavy (non-hydrogen) atoms. The van der Waals surface area contributed by atoms with Crippen LogP contribution >= 0.6 is 0 Å². The Kier molecular flexibility index (Phi) is 4.25. The summed E-state index contributed by atoms with van der Waals surface area (Å²) in [6.45, 7) is 1.71. The Morgan fingerprint density at radius 2 is 1.88 bits per heavy atom. The number of nitrogens with zero attached hydrogens (tertiary/aromatic N) is 1. The normalized spacial score (nSPS) is 15.3. The van der Waals surface area contributed by atoms with Gasteiger partial charge in [0.05, 0.1) is 23.4 Å². The lowest BCUT2D eigenvalue weighted by Crippen LogP contribution is -2.29. The van der Waals surface area contributed by atoms with Crippen molar-refractivity contribution in [1.29, 1.82) is 0 Å². The van der Waals surface area contributed by atoms with Crippen molar-refractivity contribution in [3.63, 3.8) is 0 Å². The molecule has 1 aromatic heterocycles. The molecule has 0 aliphatic carbocycles. The zero-order valence-electron chi connectivity index (χ0n) is 13.0. The number of aryl methyl sites for hydroxylation is 1. The Morgan fingerprint density at radius 1 is 1.17 bits per heavy atom. The fraction of sp³-hybridized carbons (Fsp3) is 0.250. The molecule has 126 valence electrons. The van der Waals surface area contributed by atoms with Crippen LogP contribution in [-0.2, 0) is 26.2 Å². The van der Waals surface area contributed by atoms with Crippen molar-refractivity contribution in [3.8, 4) is 0 Å². The van der Waals surface area contributed by atoms with Gasteiger partial charge in [-0.25, -0.2) is 13.1 Å². The smallest absolute Gasteiger partial charge is 0.240 e. The third kappa shape index (κ3) is 3.10. The highest BCUT2D eigenvalue weighted by Crippen LogP contribution is 2.28. The molecule has 0 saturated carbocycles. The van der Waals surface area contributed by atoms with E-state index in [1.54, 1.807) is 19.1 Å². The molecule has 1 aromatic carbocycles. The predicted molar refractivity (Wildman–Crippen MR) is 85.6 cm³/mol. The van der Waals surface area contributed by atoms with Gasteiger partial charge in [-0.3, -0.25) is 14.5 Å². The van der Waals surface area contributed by atoms with E-state index >= 15 is 0 Å². The molecule has 0 bridgehead atoms. The Hall–Kier alpha value is -2.45. The van der Waals surface area contributed by atoms with E-state index in [4.69, 9.17) is 4.42 Å². The van der Waals surface area contributed by atoms with E-state index in [-0.39, 0.29) is 36.1 Å². The molecule has 2 aromatic rings. The van der Waals surface area contributed by atoms with Gasteiger partial charge in [-0.05, 0) is 42.8 Å². The summed E-state index contributed by atoms with van der Waals surface area (Å²) in [4.78, 5) is 24.8. The molecular weight excluding hydrogens is 332 g/mol. The average molecular weight is 348 g/mol. The van der Waals surface area contributed by atoms with Gasteiger partial charge >= 0.3 is 0 Å². The van der Waals surface area contributed by atoms with E-state index in [1.165, 1.54) is 24.5 Å². The maximum atomic E-state index is 12.3. The first-order valence-electron chi connectivity index (χ1n) is 7.37. The molecule has 2 amide bonds. The van der Waals surface area contributed by atoms with Crippen molar-refractivity contribution < 1.29 is 22.4 Å². The Balaban J connectivity index is 1.83. The van der Waals surface area contributed by atoms with Crippen molar-refractivity contribution in [2.24, 2.45) is 0 Å². The summed E-state index contributed by atoms with van der Waals surface area (Å²) in [6, 6.07) is 7.65. The van der Waals surface area contributed by atoms with Crippen LogP contribution in [-0.4, -0.2) is 20.2 Å². The van der Waals surface area contributed by atoms with E-state index in [9.17, 15) is 18.0 Å². The summed E-state index contributed by atoms with van der Waals surface area (Å²) < 4.78 is 32.2. The molecule has 0 atom stereocenters. The third-order valence-corrected chi connectivity index (χ3v) is 5.19. The van der Waals surface area contributed by atoms with Gasteiger partial charge in [-0.15, -0.1) is 0 Å². The van der Waals surface area contributed by atoms with Crippen LogP contribution in [0.15, 0.2) is 45.9 Å². The van der Waals surface area contributed by atoms with Crippen LogP contribution < -0.4 is 9.62 Å². The van der Waals surface area contributed by atoms with Crippen LogP contribution in [0.2, 0.25) is 0 Å². The average Bonchev–Trinajstić information content (AvgIpc) is 3.16. The predicted octanol–water partition coefficient (Wildman–Crippen LogP) is 1.72. The molecule has 8 heteroatoms. The molecule has 1 aliphatic rings. The lowest BCUT2D eigenvalue weighted by atomic mass is 10.2. The van der Waals surface area contributed by atoms with Crippen molar-refractivity contribution in [2.75, 3.05) is 4.90 Å². The Bertz CT molecular complexity index is 871. The molecule has 1 N–H and O–H groups in total. The van der Waals surface area contributed by atoms with E-state index in [2.05, 4.69) is 4.72 Å². The lowest BCUT2D eigenvalue weighted by molar-refractivity contribution is -0.121. The van der Waals surface area contributed by atoms with Crippen LogP contribution in [0, 0.1) is 6.92 Å². The molecule has 1 fully saturated rings. The maximum Gasteiger partial charge on any atom is 0.240 e. The second-order valence-electron chi connectivity index (χ2n) is 5.48. The van der Waals surface area contributed by atoms with Crippen LogP contribution in [0.5, 0.6) is 0 Å². The number of imide groups is 1. The summed E-state index contributed by atoms with van der Waals surface area (Å²) in [7, 11) is -3.72. The van der Waals surface area contributed by atoms with Gasteiger partial charge in [-0.2, -0.15) is 0 Å². The molecule has 1 aliphatic heterocycles. The summed E-state index contributed by atoms with van der Waals surface area (Å²) in [5, 5.41) is 0. The first-order valence-corrected chi connectivity index (χ1v) is 8.85. The standard InChI is InChI=1S/C16H16N2O5S/c1-11-9-13(24(21,22)17-10-12-3-2-8-23-12)4-5-14(11)18-15(19)6-7-16(18)20/h2-5,8-9,17H,6-7,10H2,1H3. The zero-order valence-corrected chi connectivity index (χ0v) is 13.8. The van der Waals surface area contributed by atoms with Crippen molar-refractivity contribution in [2.45, 2.75) is 31.2 Å². The van der Waals surface area contributed by atoms with Crippen LogP contribution in [0.3, 0.4) is 0 Å². The highest BCUT2D eigenvalue weighted by molar-refractivity contribution is 7.89. The van der Waals surface area contributed by atoms with Gasteiger partial charge < -0.3 is 4.42 Å². The van der Waals surface area contributed by atoms with Gasteiger partial charge in [0.15, 0.2) is 0 Å². The summed E-state index contributed by atoms with van der Waals surface area (Å²) >= 11 is 0. The minimum absolute atomic E-state index is 0.0409. The summed E-state index contributed by atoms with van der Waals surface area (Å²) in [5.74, 6) is -0.0375. The summed E-state index contributed by atoms with van der Waals surface area (Å²) in [5.41, 5.74) is 0.965. The topological polar surface area (TPSA) is 96.7 Å². The molecule has 7 nitrogen and oxygen atoms in total. The number of nitrogens with one attached hydrogen (secondary N) is 1. The molecule has 1 saturated heterocycles. The van der Waals surface area contributed by atoms with Gasteiger partial charge in [-0.1, -0.05) is 0 Å². The quantitative estimate of drug-likeness (QED) is 0.830. The number of furan rings is 1. The number of anilines is 1. The van der Waals surface area contributed by atoms with Gasteiger partial charge in [0.2, 0.25) is 21.8 Å². The minimum atomic E-state index is -3.72. The summed E-state index contributed by atoms with van der Waals surface area (Å²) in [6.07, 6.45) is 1.83. The molecule has 0 radical (unpaired) electrons. The maximum absolute atomic E-state index is 12.3. The van der Waals surface area contributed by atoms with Gasteiger partial charge in [0, 0.05) is 12.8 Å². The first-order chi connectivity index (χ1) is 11.4. The fourth-order valence-electron chi connectivity index (χ4n) is 2.55. The van der Waals surface area contributed by atoms with Gasteiger partial charge in [0.25, 0.3) is 0 Å². The van der Waals surface area contributed by atoms with Crippen LogP contribution in [0.4, 0.5) is 5.69 Å². The SMILES string of the molecule is Cc1cc(S(=O)(=O)NCc2ccco2)ccc1N1C(=O)CCC1=O. The second kappa shape index (κ2) is 6.21. The first kappa shape index (κ1) is 16.4. The van der Waals surface area contributed by atoms with Crippen molar-refractivity contribution in [3.05, 3.63) is 47.9 Å².